The van der Waals surface area contributed by atoms with Crippen LogP contribution in [0.4, 0.5) is 10.1 Å². The van der Waals surface area contributed by atoms with Gasteiger partial charge in [-0.3, -0.25) is 9.59 Å². The highest BCUT2D eigenvalue weighted by atomic mass is 35.5. The number of aromatic nitrogens is 3. The summed E-state index contributed by atoms with van der Waals surface area (Å²) in [6, 6.07) is 12.3. The lowest BCUT2D eigenvalue weighted by molar-refractivity contribution is 0.0947. The molecule has 0 saturated carbocycles. The van der Waals surface area contributed by atoms with Gasteiger partial charge in [0.05, 0.1) is 27.9 Å². The summed E-state index contributed by atoms with van der Waals surface area (Å²) in [6.45, 7) is 0.195. The number of carbonyl (C=O) groups excluding carboxylic acids is 2. The van der Waals surface area contributed by atoms with Crippen LogP contribution in [0.1, 0.15) is 32.0 Å². The molecule has 0 spiro atoms. The van der Waals surface area contributed by atoms with E-state index in [1.165, 1.54) is 30.6 Å². The molecule has 33 heavy (non-hydrogen) atoms. The predicted octanol–water partition coefficient (Wildman–Crippen LogP) is 4.20. The number of hydrogen-bond acceptors (Lipinski definition) is 6. The predicted molar refractivity (Wildman–Crippen MR) is 122 cm³/mol. The van der Waals surface area contributed by atoms with Gasteiger partial charge in [-0.2, -0.15) is 5.26 Å². The molecular weight excluding hydrogens is 470 g/mol. The highest BCUT2D eigenvalue weighted by Crippen LogP contribution is 2.20. The Kier molecular flexibility index (Phi) is 7.56. The van der Waals surface area contributed by atoms with E-state index in [4.69, 9.17) is 34.2 Å². The average molecular weight is 485 g/mol. The van der Waals surface area contributed by atoms with Crippen LogP contribution in [0.2, 0.25) is 5.02 Å². The number of nitrogens with zero attached hydrogens (tertiary/aromatic N) is 3. The minimum atomic E-state index is -0.505. The second-order valence-corrected chi connectivity index (χ2v) is 7.33. The molecule has 2 aromatic heterocycles. The van der Waals surface area contributed by atoms with E-state index >= 15 is 0 Å². The van der Waals surface area contributed by atoms with Gasteiger partial charge >= 0.3 is 0 Å². The summed E-state index contributed by atoms with van der Waals surface area (Å²) in [7, 11) is 0. The SMILES string of the molecule is N#Cc1ccc(C(=O)Cl)cc1.Nc1c[nH]c2c(C(=O)NCc3ccc(F)c(Cl)c3)ncnc12. The summed E-state index contributed by atoms with van der Waals surface area (Å²) in [4.78, 5) is 33.6. The lowest BCUT2D eigenvalue weighted by atomic mass is 10.2. The molecule has 1 amide bonds. The Bertz CT molecular complexity index is 1370. The molecule has 0 bridgehead atoms. The number of aromatic amines is 1. The van der Waals surface area contributed by atoms with E-state index in [2.05, 4.69) is 20.3 Å². The molecule has 0 aliphatic heterocycles. The Morgan fingerprint density at radius 1 is 1.18 bits per heavy atom. The highest BCUT2D eigenvalue weighted by molar-refractivity contribution is 6.67. The maximum atomic E-state index is 13.1. The van der Waals surface area contributed by atoms with Crippen molar-refractivity contribution in [2.75, 3.05) is 5.73 Å². The van der Waals surface area contributed by atoms with Crippen molar-refractivity contribution < 1.29 is 14.0 Å². The number of nitrogens with one attached hydrogen (secondary N) is 2. The van der Waals surface area contributed by atoms with Crippen molar-refractivity contribution in [2.24, 2.45) is 0 Å². The Morgan fingerprint density at radius 3 is 2.55 bits per heavy atom. The van der Waals surface area contributed by atoms with Crippen LogP contribution in [0, 0.1) is 17.1 Å². The minimum Gasteiger partial charge on any atom is -0.396 e. The van der Waals surface area contributed by atoms with Gasteiger partial charge in [0, 0.05) is 18.3 Å². The Balaban J connectivity index is 0.000000235. The van der Waals surface area contributed by atoms with Crippen LogP contribution in [0.3, 0.4) is 0 Å². The molecule has 0 aliphatic carbocycles. The standard InChI is InChI=1S/C14H11ClFN5O.C8H4ClNO/c15-8-3-7(1-2-9(8)16)4-19-14(22)13-12-11(20-6-21-13)10(17)5-18-12;9-8(11)7-3-1-6(5-10)2-4-7/h1-3,5-6,18H,4,17H2,(H,19,22);1-4H. The Morgan fingerprint density at radius 2 is 1.91 bits per heavy atom. The number of fused-ring (bicyclic) bond motifs is 1. The highest BCUT2D eigenvalue weighted by Gasteiger charge is 2.15. The van der Waals surface area contributed by atoms with Gasteiger partial charge in [-0.1, -0.05) is 17.7 Å². The van der Waals surface area contributed by atoms with Gasteiger partial charge in [-0.25, -0.2) is 14.4 Å². The van der Waals surface area contributed by atoms with Gasteiger partial charge in [-0.15, -0.1) is 0 Å². The largest absolute Gasteiger partial charge is 0.396 e. The maximum Gasteiger partial charge on any atom is 0.272 e. The van der Waals surface area contributed by atoms with E-state index in [1.807, 2.05) is 6.07 Å². The van der Waals surface area contributed by atoms with Crippen molar-refractivity contribution in [3.05, 3.63) is 88.2 Å². The van der Waals surface area contributed by atoms with Crippen LogP contribution in [-0.4, -0.2) is 26.1 Å². The Hall–Kier alpha value is -4.00. The molecule has 0 fully saturated rings. The molecule has 0 aliphatic rings. The van der Waals surface area contributed by atoms with Crippen LogP contribution in [0.15, 0.2) is 55.0 Å². The van der Waals surface area contributed by atoms with Gasteiger partial charge < -0.3 is 16.0 Å². The van der Waals surface area contributed by atoms with Crippen LogP contribution in [-0.2, 0) is 6.54 Å². The third-order valence-electron chi connectivity index (χ3n) is 4.39. The first-order valence-corrected chi connectivity index (χ1v) is 10.1. The number of hydrogen-bond donors (Lipinski definition) is 3. The van der Waals surface area contributed by atoms with Gasteiger partial charge in [-0.05, 0) is 53.6 Å². The summed E-state index contributed by atoms with van der Waals surface area (Å²) in [6.07, 6.45) is 2.83. The Labute approximate surface area is 197 Å². The zero-order valence-corrected chi connectivity index (χ0v) is 18.3. The lowest BCUT2D eigenvalue weighted by Gasteiger charge is -2.06. The third-order valence-corrected chi connectivity index (χ3v) is 4.89. The van der Waals surface area contributed by atoms with Gasteiger partial charge in [0.1, 0.15) is 17.7 Å². The normalized spacial score (nSPS) is 10.1. The number of H-pyrrole nitrogens is 1. The van der Waals surface area contributed by atoms with Crippen molar-refractivity contribution in [1.29, 1.82) is 5.26 Å². The number of nitrogens with two attached hydrogens (primary N) is 1. The van der Waals surface area contributed by atoms with Crippen LogP contribution < -0.4 is 11.1 Å². The monoisotopic (exact) mass is 484 g/mol. The molecule has 2 aromatic carbocycles. The summed E-state index contributed by atoms with van der Waals surface area (Å²) in [5.74, 6) is -0.897. The molecule has 4 aromatic rings. The molecule has 0 radical (unpaired) electrons. The van der Waals surface area contributed by atoms with Gasteiger partial charge in [0.25, 0.3) is 11.1 Å². The van der Waals surface area contributed by atoms with Crippen molar-refractivity contribution in [1.82, 2.24) is 20.3 Å². The maximum absolute atomic E-state index is 13.1. The fourth-order valence-corrected chi connectivity index (χ4v) is 3.05. The van der Waals surface area contributed by atoms with Gasteiger partial charge in [0.2, 0.25) is 0 Å². The topological polar surface area (TPSA) is 138 Å². The molecule has 0 atom stereocenters. The smallest absolute Gasteiger partial charge is 0.272 e. The number of halogens is 3. The first-order chi connectivity index (χ1) is 15.8. The van der Waals surface area contributed by atoms with E-state index < -0.39 is 17.0 Å². The van der Waals surface area contributed by atoms with Crippen molar-refractivity contribution in [3.8, 4) is 6.07 Å². The number of anilines is 1. The number of nitriles is 1. The molecule has 8 nitrogen and oxygen atoms in total. The molecule has 4 rings (SSSR count). The van der Waals surface area contributed by atoms with E-state index in [9.17, 15) is 14.0 Å². The lowest BCUT2D eigenvalue weighted by Crippen LogP contribution is -2.24. The fraction of sp³-hybridized carbons (Fsp3) is 0.0455. The van der Waals surface area contributed by atoms with Crippen molar-refractivity contribution >= 4 is 51.1 Å². The number of rotatable bonds is 4. The van der Waals surface area contributed by atoms with Crippen LogP contribution >= 0.6 is 23.2 Å². The number of carbonyl (C=O) groups is 2. The minimum absolute atomic E-state index is 0.00770. The van der Waals surface area contributed by atoms with Crippen LogP contribution in [0.25, 0.3) is 11.0 Å². The molecule has 166 valence electrons. The van der Waals surface area contributed by atoms with E-state index in [-0.39, 0.29) is 17.3 Å². The van der Waals surface area contributed by atoms with Crippen molar-refractivity contribution in [2.45, 2.75) is 6.54 Å². The van der Waals surface area contributed by atoms with Crippen LogP contribution in [0.5, 0.6) is 0 Å². The second-order valence-electron chi connectivity index (χ2n) is 6.58. The fourth-order valence-electron chi connectivity index (χ4n) is 2.72. The van der Waals surface area contributed by atoms with Gasteiger partial charge in [0.15, 0.2) is 5.69 Å². The number of benzene rings is 2. The number of amides is 1. The molecule has 2 heterocycles. The second kappa shape index (κ2) is 10.5. The first kappa shape index (κ1) is 23.7. The summed E-state index contributed by atoms with van der Waals surface area (Å²) in [5, 5.41) is 10.6. The van der Waals surface area contributed by atoms with E-state index in [1.54, 1.807) is 24.4 Å². The zero-order valence-electron chi connectivity index (χ0n) is 16.8. The number of nitrogen functional groups attached to an aromatic ring is 1. The third kappa shape index (κ3) is 5.83. The molecule has 0 unspecified atom stereocenters. The van der Waals surface area contributed by atoms with Crippen molar-refractivity contribution in [3.63, 3.8) is 0 Å². The van der Waals surface area contributed by atoms with E-state index in [0.717, 1.165) is 0 Å². The summed E-state index contributed by atoms with van der Waals surface area (Å²) in [5.41, 5.74) is 8.93. The summed E-state index contributed by atoms with van der Waals surface area (Å²) < 4.78 is 13.1. The molecule has 4 N–H and O–H groups in total. The first-order valence-electron chi connectivity index (χ1n) is 9.29. The van der Waals surface area contributed by atoms with E-state index in [0.29, 0.717) is 33.4 Å². The quantitative estimate of drug-likeness (QED) is 0.371. The molecule has 11 heteroatoms. The molecule has 0 saturated heterocycles. The molecular formula is C22H15Cl2FN6O2. The summed E-state index contributed by atoms with van der Waals surface area (Å²) >= 11 is 10.9. The average Bonchev–Trinajstić information content (AvgIpc) is 3.21. The zero-order chi connectivity index (χ0) is 24.0.